The Labute approximate surface area is 144 Å². The third kappa shape index (κ3) is 3.97. The number of hydrogen-bond donors (Lipinski definition) is 0. The first-order valence-electron chi connectivity index (χ1n) is 9.17. The van der Waals surface area contributed by atoms with E-state index in [-0.39, 0.29) is 6.10 Å². The molecule has 4 rings (SSSR count). The molecule has 1 saturated carbocycles. The second-order valence-electron chi connectivity index (χ2n) is 7.31. The van der Waals surface area contributed by atoms with Crippen molar-refractivity contribution in [2.75, 3.05) is 39.5 Å². The van der Waals surface area contributed by atoms with E-state index in [1.165, 1.54) is 18.4 Å². The number of amides is 1. The van der Waals surface area contributed by atoms with Crippen molar-refractivity contribution < 1.29 is 9.53 Å². The van der Waals surface area contributed by atoms with E-state index in [2.05, 4.69) is 45.0 Å². The summed E-state index contributed by atoms with van der Waals surface area (Å²) in [7, 11) is 0. The molecule has 3 fully saturated rings. The molecule has 2 aliphatic heterocycles. The topological polar surface area (TPSA) is 36.0 Å². The van der Waals surface area contributed by atoms with Gasteiger partial charge >= 0.3 is 0 Å². The van der Waals surface area contributed by atoms with Gasteiger partial charge < -0.3 is 9.64 Å². The van der Waals surface area contributed by atoms with E-state index in [0.29, 0.717) is 18.5 Å². The number of carbonyl (C=O) groups is 1. The molecule has 0 aromatic heterocycles. The molecule has 1 atom stereocenters. The van der Waals surface area contributed by atoms with Gasteiger partial charge in [0.1, 0.15) is 0 Å². The summed E-state index contributed by atoms with van der Waals surface area (Å²) in [5, 5.41) is 0. The molecule has 1 aromatic rings. The largest absolute Gasteiger partial charge is 0.375 e. The van der Waals surface area contributed by atoms with Gasteiger partial charge in [0.25, 0.3) is 0 Å². The molecule has 130 valence electrons. The number of benzene rings is 1. The minimum Gasteiger partial charge on any atom is -0.375 e. The molecule has 1 aliphatic carbocycles. The van der Waals surface area contributed by atoms with Crippen LogP contribution in [0.1, 0.15) is 24.8 Å². The minimum absolute atomic E-state index is 0.197. The zero-order valence-electron chi connectivity index (χ0n) is 14.3. The van der Waals surface area contributed by atoms with Crippen molar-refractivity contribution in [1.29, 1.82) is 0 Å². The van der Waals surface area contributed by atoms with Gasteiger partial charge in [-0.15, -0.1) is 0 Å². The average molecular weight is 329 g/mol. The number of nitrogens with zero attached hydrogens (tertiary/aromatic N) is 3. The van der Waals surface area contributed by atoms with E-state index in [9.17, 15) is 4.79 Å². The highest BCUT2D eigenvalue weighted by Gasteiger charge is 2.39. The molecule has 5 nitrogen and oxygen atoms in total. The Morgan fingerprint density at radius 3 is 2.75 bits per heavy atom. The highest BCUT2D eigenvalue weighted by Crippen LogP contribution is 2.29. The fourth-order valence-corrected chi connectivity index (χ4v) is 3.81. The van der Waals surface area contributed by atoms with Gasteiger partial charge in [-0.25, -0.2) is 0 Å². The van der Waals surface area contributed by atoms with Crippen LogP contribution in [-0.2, 0) is 16.1 Å². The molecular formula is C19H27N3O2. The van der Waals surface area contributed by atoms with Crippen molar-refractivity contribution in [3.05, 3.63) is 35.9 Å². The first kappa shape index (κ1) is 16.1. The van der Waals surface area contributed by atoms with Crippen LogP contribution in [0.5, 0.6) is 0 Å². The Hall–Kier alpha value is -1.43. The third-order valence-electron chi connectivity index (χ3n) is 5.16. The molecule has 3 aliphatic rings. The smallest absolute Gasteiger partial charge is 0.238 e. The maximum absolute atomic E-state index is 12.1. The third-order valence-corrected chi connectivity index (χ3v) is 5.16. The predicted molar refractivity (Wildman–Crippen MR) is 92.4 cm³/mol. The Kier molecular flexibility index (Phi) is 4.83. The molecular weight excluding hydrogens is 302 g/mol. The van der Waals surface area contributed by atoms with E-state index in [1.54, 1.807) is 0 Å². The second kappa shape index (κ2) is 7.21. The lowest BCUT2D eigenvalue weighted by Crippen LogP contribution is -2.40. The monoisotopic (exact) mass is 329 g/mol. The van der Waals surface area contributed by atoms with Crippen LogP contribution in [0.3, 0.4) is 0 Å². The van der Waals surface area contributed by atoms with Crippen LogP contribution in [0.4, 0.5) is 0 Å². The molecule has 0 N–H and O–H groups in total. The Morgan fingerprint density at radius 1 is 1.12 bits per heavy atom. The van der Waals surface area contributed by atoms with Crippen LogP contribution in [0.25, 0.3) is 0 Å². The van der Waals surface area contributed by atoms with Crippen molar-refractivity contribution in [3.63, 3.8) is 0 Å². The van der Waals surface area contributed by atoms with Gasteiger partial charge in [0, 0.05) is 38.8 Å². The van der Waals surface area contributed by atoms with E-state index in [0.717, 1.165) is 45.9 Å². The lowest BCUT2D eigenvalue weighted by atomic mass is 10.2. The number of ether oxygens (including phenoxy) is 1. The van der Waals surface area contributed by atoms with Crippen LogP contribution < -0.4 is 0 Å². The molecule has 1 aromatic carbocycles. The summed E-state index contributed by atoms with van der Waals surface area (Å²) in [6.45, 7) is 6.05. The number of rotatable bonds is 5. The van der Waals surface area contributed by atoms with Crippen molar-refractivity contribution in [2.24, 2.45) is 0 Å². The molecule has 1 amide bonds. The Bertz CT molecular complexity index is 561. The lowest BCUT2D eigenvalue weighted by molar-refractivity contribution is -0.127. The average Bonchev–Trinajstić information content (AvgIpc) is 3.37. The van der Waals surface area contributed by atoms with Crippen LogP contribution in [-0.4, -0.2) is 72.2 Å². The number of hydrogen-bond acceptors (Lipinski definition) is 4. The van der Waals surface area contributed by atoms with Crippen LogP contribution in [0.15, 0.2) is 30.3 Å². The summed E-state index contributed by atoms with van der Waals surface area (Å²) in [5.74, 6) is 0.298. The highest BCUT2D eigenvalue weighted by atomic mass is 16.5. The minimum atomic E-state index is 0.197. The van der Waals surface area contributed by atoms with E-state index < -0.39 is 0 Å². The van der Waals surface area contributed by atoms with E-state index in [4.69, 9.17) is 4.74 Å². The van der Waals surface area contributed by atoms with Gasteiger partial charge in [0.15, 0.2) is 0 Å². The molecule has 24 heavy (non-hydrogen) atoms. The maximum Gasteiger partial charge on any atom is 0.238 e. The van der Waals surface area contributed by atoms with E-state index >= 15 is 0 Å². The standard InChI is InChI=1S/C19H27N3O2/c23-19-14-21(15-22(19)17-7-8-17)13-18-12-20(9-4-10-24-18)11-16-5-2-1-3-6-16/h1-3,5-6,17-18H,4,7-15H2/t18-/m0/s1. The summed E-state index contributed by atoms with van der Waals surface area (Å²) in [5.41, 5.74) is 1.36. The van der Waals surface area contributed by atoms with Crippen LogP contribution in [0, 0.1) is 0 Å². The van der Waals surface area contributed by atoms with Gasteiger partial charge in [0.2, 0.25) is 5.91 Å². The number of carbonyl (C=O) groups excluding carboxylic acids is 1. The van der Waals surface area contributed by atoms with Crippen molar-refractivity contribution in [2.45, 2.75) is 38.0 Å². The van der Waals surface area contributed by atoms with Gasteiger partial charge in [-0.3, -0.25) is 14.6 Å². The normalized spacial score (nSPS) is 26.8. The fraction of sp³-hybridized carbons (Fsp3) is 0.632. The zero-order chi connectivity index (χ0) is 16.4. The van der Waals surface area contributed by atoms with Crippen molar-refractivity contribution >= 4 is 5.91 Å². The van der Waals surface area contributed by atoms with Crippen molar-refractivity contribution in [1.82, 2.24) is 14.7 Å². The van der Waals surface area contributed by atoms with Gasteiger partial charge in [0.05, 0.1) is 19.3 Å². The molecule has 0 unspecified atom stereocenters. The first-order chi connectivity index (χ1) is 11.8. The lowest BCUT2D eigenvalue weighted by Gasteiger charge is -2.27. The molecule has 0 bridgehead atoms. The molecule has 0 spiro atoms. The highest BCUT2D eigenvalue weighted by molar-refractivity contribution is 5.80. The summed E-state index contributed by atoms with van der Waals surface area (Å²) in [6.07, 6.45) is 3.65. The second-order valence-corrected chi connectivity index (χ2v) is 7.31. The first-order valence-corrected chi connectivity index (χ1v) is 9.17. The molecule has 2 saturated heterocycles. The predicted octanol–water partition coefficient (Wildman–Crippen LogP) is 1.54. The molecule has 5 heteroatoms. The summed E-state index contributed by atoms with van der Waals surface area (Å²) in [4.78, 5) is 18.9. The summed E-state index contributed by atoms with van der Waals surface area (Å²) >= 11 is 0. The van der Waals surface area contributed by atoms with Gasteiger partial charge in [-0.2, -0.15) is 0 Å². The van der Waals surface area contributed by atoms with Crippen LogP contribution in [0.2, 0.25) is 0 Å². The summed E-state index contributed by atoms with van der Waals surface area (Å²) < 4.78 is 6.07. The van der Waals surface area contributed by atoms with Gasteiger partial charge in [-0.05, 0) is 24.8 Å². The van der Waals surface area contributed by atoms with E-state index in [1.807, 2.05) is 0 Å². The quantitative estimate of drug-likeness (QED) is 0.821. The van der Waals surface area contributed by atoms with Gasteiger partial charge in [-0.1, -0.05) is 30.3 Å². The fourth-order valence-electron chi connectivity index (χ4n) is 3.81. The Balaban J connectivity index is 1.32. The zero-order valence-corrected chi connectivity index (χ0v) is 14.3. The van der Waals surface area contributed by atoms with Crippen molar-refractivity contribution in [3.8, 4) is 0 Å². The molecule has 0 radical (unpaired) electrons. The Morgan fingerprint density at radius 2 is 1.96 bits per heavy atom. The maximum atomic E-state index is 12.1. The SMILES string of the molecule is O=C1CN(C[C@@H]2CN(Cc3ccccc3)CCCO2)CN1C1CC1. The summed E-state index contributed by atoms with van der Waals surface area (Å²) in [6, 6.07) is 11.2. The molecule has 2 heterocycles. The van der Waals surface area contributed by atoms with Crippen LogP contribution >= 0.6 is 0 Å².